The van der Waals surface area contributed by atoms with E-state index in [1.165, 1.54) is 11.6 Å². The molecule has 0 unspecified atom stereocenters. The molecule has 0 aromatic heterocycles. The van der Waals surface area contributed by atoms with Crippen molar-refractivity contribution in [2.75, 3.05) is 19.8 Å². The number of ether oxygens (including phenoxy) is 2. The average Bonchev–Trinajstić information content (AvgIpc) is 3.13. The van der Waals surface area contributed by atoms with Crippen molar-refractivity contribution >= 4 is 11.9 Å². The lowest BCUT2D eigenvalue weighted by Crippen LogP contribution is -2.17. The Hall–Kier alpha value is -3.33. The van der Waals surface area contributed by atoms with E-state index in [1.807, 2.05) is 24.3 Å². The normalized spacial score (nSPS) is 15.3. The monoisotopic (exact) mass is 366 g/mol. The van der Waals surface area contributed by atoms with Gasteiger partial charge in [-0.15, -0.1) is 0 Å². The Labute approximate surface area is 159 Å². The highest BCUT2D eigenvalue weighted by Crippen LogP contribution is 2.23. The lowest BCUT2D eigenvalue weighted by Gasteiger charge is -2.19. The van der Waals surface area contributed by atoms with Crippen LogP contribution in [-0.4, -0.2) is 36.6 Å². The number of hydrogen-bond donors (Lipinski definition) is 0. The van der Waals surface area contributed by atoms with Crippen molar-refractivity contribution in [1.82, 2.24) is 4.90 Å². The van der Waals surface area contributed by atoms with Crippen LogP contribution >= 0.6 is 0 Å². The van der Waals surface area contributed by atoms with E-state index in [1.54, 1.807) is 6.08 Å². The Balaban J connectivity index is 1.93. The average molecular weight is 366 g/mol. The van der Waals surface area contributed by atoms with Crippen LogP contribution in [0.4, 0.5) is 0 Å². The largest absolute Gasteiger partial charge is 0.459 e. The lowest BCUT2D eigenvalue weighted by molar-refractivity contribution is -0.146. The first-order valence-electron chi connectivity index (χ1n) is 8.70. The van der Waals surface area contributed by atoms with E-state index in [0.717, 1.165) is 37.7 Å². The van der Waals surface area contributed by atoms with Gasteiger partial charge in [0.05, 0.1) is 0 Å². The molecule has 1 saturated heterocycles. The minimum atomic E-state index is -0.739. The Morgan fingerprint density at radius 3 is 2.67 bits per heavy atom. The van der Waals surface area contributed by atoms with Crippen molar-refractivity contribution in [3.8, 4) is 6.07 Å². The van der Waals surface area contributed by atoms with E-state index < -0.39 is 11.9 Å². The maximum atomic E-state index is 11.9. The highest BCUT2D eigenvalue weighted by Gasteiger charge is 2.17. The van der Waals surface area contributed by atoms with Crippen LogP contribution in [0.3, 0.4) is 0 Å². The molecule has 6 nitrogen and oxygen atoms in total. The van der Waals surface area contributed by atoms with Gasteiger partial charge < -0.3 is 14.4 Å². The number of rotatable bonds is 8. The third kappa shape index (κ3) is 6.48. The van der Waals surface area contributed by atoms with Gasteiger partial charge in [0, 0.05) is 24.9 Å². The van der Waals surface area contributed by atoms with Crippen molar-refractivity contribution in [3.05, 3.63) is 72.0 Å². The molecule has 0 atom stereocenters. The third-order valence-electron chi connectivity index (χ3n) is 3.99. The van der Waals surface area contributed by atoms with Gasteiger partial charge in [-0.1, -0.05) is 36.9 Å². The summed E-state index contributed by atoms with van der Waals surface area (Å²) in [7, 11) is 0. The number of nitrogens with zero attached hydrogens (tertiary/aromatic N) is 2. The summed E-state index contributed by atoms with van der Waals surface area (Å²) in [6, 6.07) is 12.0. The lowest BCUT2D eigenvalue weighted by atomic mass is 10.2. The number of allylic oxidation sites excluding steroid dienone is 3. The molecule has 0 spiro atoms. The van der Waals surface area contributed by atoms with Crippen LogP contribution in [0, 0.1) is 11.3 Å². The van der Waals surface area contributed by atoms with Crippen LogP contribution in [0.1, 0.15) is 18.4 Å². The smallest absolute Gasteiger partial charge is 0.349 e. The summed E-state index contributed by atoms with van der Waals surface area (Å²) in [5.41, 5.74) is 2.20. The van der Waals surface area contributed by atoms with Crippen molar-refractivity contribution < 1.29 is 19.1 Å². The Morgan fingerprint density at radius 2 is 1.96 bits per heavy atom. The maximum absolute atomic E-state index is 11.9. The molecule has 1 aliphatic heterocycles. The van der Waals surface area contributed by atoms with Crippen LogP contribution in [0.15, 0.2) is 66.4 Å². The molecular weight excluding hydrogens is 344 g/mol. The second kappa shape index (κ2) is 10.6. The molecule has 0 aliphatic carbocycles. The molecule has 1 aromatic carbocycles. The molecule has 1 heterocycles. The Kier molecular flexibility index (Phi) is 7.86. The number of hydrogen-bond acceptors (Lipinski definition) is 6. The summed E-state index contributed by atoms with van der Waals surface area (Å²) in [5, 5.41) is 9.19. The van der Waals surface area contributed by atoms with Gasteiger partial charge >= 0.3 is 11.9 Å². The number of carbonyl (C=O) groups is 2. The molecule has 0 saturated carbocycles. The number of benzene rings is 1. The second-order valence-corrected chi connectivity index (χ2v) is 5.87. The van der Waals surface area contributed by atoms with E-state index in [9.17, 15) is 14.9 Å². The van der Waals surface area contributed by atoms with Gasteiger partial charge in [0.15, 0.2) is 0 Å². The molecule has 140 valence electrons. The van der Waals surface area contributed by atoms with Crippen molar-refractivity contribution in [2.24, 2.45) is 0 Å². The molecule has 0 radical (unpaired) electrons. The van der Waals surface area contributed by atoms with E-state index in [2.05, 4.69) is 23.6 Å². The Morgan fingerprint density at radius 1 is 1.22 bits per heavy atom. The first kappa shape index (κ1) is 20.0. The minimum Gasteiger partial charge on any atom is -0.459 e. The minimum absolute atomic E-state index is 0.0821. The number of carbonyl (C=O) groups excluding carboxylic acids is 2. The number of likely N-dealkylation sites (tertiary alicyclic amines) is 1. The predicted octanol–water partition coefficient (Wildman–Crippen LogP) is 2.89. The van der Waals surface area contributed by atoms with Gasteiger partial charge in [0.2, 0.25) is 0 Å². The summed E-state index contributed by atoms with van der Waals surface area (Å²) >= 11 is 0. The van der Waals surface area contributed by atoms with Crippen molar-refractivity contribution in [3.63, 3.8) is 0 Å². The van der Waals surface area contributed by atoms with E-state index in [-0.39, 0.29) is 18.8 Å². The molecule has 0 N–H and O–H groups in total. The topological polar surface area (TPSA) is 79.6 Å². The van der Waals surface area contributed by atoms with Gasteiger partial charge in [-0.05, 0) is 30.6 Å². The molecule has 1 aliphatic rings. The van der Waals surface area contributed by atoms with Gasteiger partial charge in [-0.3, -0.25) is 0 Å². The van der Waals surface area contributed by atoms with Crippen LogP contribution < -0.4 is 0 Å². The highest BCUT2D eigenvalue weighted by atomic mass is 16.6. The molecule has 1 fully saturated rings. The van der Waals surface area contributed by atoms with E-state index in [0.29, 0.717) is 0 Å². The fourth-order valence-electron chi connectivity index (χ4n) is 2.67. The SMILES string of the molecule is C=CC(=O)OCCOC(=O)/C(C#N)=C\C=C1/CCCN1Cc1ccccc1. The quantitative estimate of drug-likeness (QED) is 0.305. The van der Waals surface area contributed by atoms with Crippen LogP contribution in [0.5, 0.6) is 0 Å². The Bertz CT molecular complexity index is 775. The van der Waals surface area contributed by atoms with Gasteiger partial charge in [-0.2, -0.15) is 5.26 Å². The zero-order valence-electron chi connectivity index (χ0n) is 15.1. The van der Waals surface area contributed by atoms with Gasteiger partial charge in [-0.25, -0.2) is 9.59 Å². The third-order valence-corrected chi connectivity index (χ3v) is 3.99. The summed E-state index contributed by atoms with van der Waals surface area (Å²) in [6.07, 6.45) is 6.24. The predicted molar refractivity (Wildman–Crippen MR) is 100.0 cm³/mol. The first-order chi connectivity index (χ1) is 13.1. The fourth-order valence-corrected chi connectivity index (χ4v) is 2.67. The number of esters is 2. The maximum Gasteiger partial charge on any atom is 0.349 e. The second-order valence-electron chi connectivity index (χ2n) is 5.87. The molecular formula is C21H22N2O4. The summed E-state index contributed by atoms with van der Waals surface area (Å²) in [6.45, 7) is 4.80. The van der Waals surface area contributed by atoms with Crippen molar-refractivity contribution in [2.45, 2.75) is 19.4 Å². The zero-order chi connectivity index (χ0) is 19.5. The molecule has 0 bridgehead atoms. The molecule has 6 heteroatoms. The summed E-state index contributed by atoms with van der Waals surface area (Å²) < 4.78 is 9.66. The summed E-state index contributed by atoms with van der Waals surface area (Å²) in [5.74, 6) is -1.33. The van der Waals surface area contributed by atoms with Crippen LogP contribution in [0.25, 0.3) is 0 Å². The molecule has 27 heavy (non-hydrogen) atoms. The number of nitriles is 1. The summed E-state index contributed by atoms with van der Waals surface area (Å²) in [4.78, 5) is 25.1. The van der Waals surface area contributed by atoms with E-state index >= 15 is 0 Å². The van der Waals surface area contributed by atoms with E-state index in [4.69, 9.17) is 9.47 Å². The molecule has 1 aromatic rings. The van der Waals surface area contributed by atoms with Crippen LogP contribution in [-0.2, 0) is 25.6 Å². The fraction of sp³-hybridized carbons (Fsp3) is 0.286. The first-order valence-corrected chi connectivity index (χ1v) is 8.70. The zero-order valence-corrected chi connectivity index (χ0v) is 15.1. The van der Waals surface area contributed by atoms with Gasteiger partial charge in [0.25, 0.3) is 0 Å². The highest BCUT2D eigenvalue weighted by molar-refractivity contribution is 5.93. The van der Waals surface area contributed by atoms with Gasteiger partial charge in [0.1, 0.15) is 24.9 Å². The molecule has 0 amide bonds. The standard InChI is InChI=1S/C21H22N2O4/c1-2-20(24)26-13-14-27-21(25)18(15-22)10-11-19-9-6-12-23(19)16-17-7-4-3-5-8-17/h2-5,7-8,10-11H,1,6,9,12-14,16H2/b18-10-,19-11+. The van der Waals surface area contributed by atoms with Crippen molar-refractivity contribution in [1.29, 1.82) is 5.26 Å². The van der Waals surface area contributed by atoms with Crippen LogP contribution in [0.2, 0.25) is 0 Å². The molecule has 2 rings (SSSR count).